The van der Waals surface area contributed by atoms with E-state index in [4.69, 9.17) is 10.5 Å². The van der Waals surface area contributed by atoms with E-state index in [9.17, 15) is 4.79 Å². The molecule has 2 aromatic rings. The van der Waals surface area contributed by atoms with Crippen LogP contribution in [0.15, 0.2) is 42.5 Å². The van der Waals surface area contributed by atoms with Gasteiger partial charge in [0.25, 0.3) is 0 Å². The molecule has 0 saturated carbocycles. The first-order chi connectivity index (χ1) is 9.61. The molecule has 0 saturated heterocycles. The molecule has 0 unspecified atom stereocenters. The van der Waals surface area contributed by atoms with Gasteiger partial charge in [0.15, 0.2) is 5.78 Å². The topological polar surface area (TPSA) is 52.3 Å². The minimum atomic E-state index is -0.0289. The maximum absolute atomic E-state index is 12.3. The Morgan fingerprint density at radius 2 is 1.75 bits per heavy atom. The number of ether oxygens (including phenoxy) is 1. The van der Waals surface area contributed by atoms with Crippen LogP contribution in [0.2, 0.25) is 0 Å². The van der Waals surface area contributed by atoms with Crippen molar-refractivity contribution >= 4 is 11.5 Å². The quantitative estimate of drug-likeness (QED) is 0.666. The predicted molar refractivity (Wildman–Crippen MR) is 81.3 cm³/mol. The zero-order valence-corrected chi connectivity index (χ0v) is 11.8. The molecule has 3 heteroatoms. The molecule has 20 heavy (non-hydrogen) atoms. The van der Waals surface area contributed by atoms with Crippen LogP contribution in [0.4, 0.5) is 5.69 Å². The largest absolute Gasteiger partial charge is 0.494 e. The Kier molecular flexibility index (Phi) is 4.41. The second-order valence-corrected chi connectivity index (χ2v) is 4.77. The number of ketones is 1. The molecule has 0 heterocycles. The lowest BCUT2D eigenvalue weighted by Gasteiger charge is -2.07. The highest BCUT2D eigenvalue weighted by Gasteiger charge is 2.10. The summed E-state index contributed by atoms with van der Waals surface area (Å²) in [4.78, 5) is 12.3. The van der Waals surface area contributed by atoms with Crippen LogP contribution < -0.4 is 10.5 Å². The fourth-order valence-corrected chi connectivity index (χ4v) is 1.87. The van der Waals surface area contributed by atoms with Crippen molar-refractivity contribution in [2.75, 3.05) is 12.3 Å². The Labute approximate surface area is 119 Å². The second kappa shape index (κ2) is 6.24. The van der Waals surface area contributed by atoms with Crippen LogP contribution in [0, 0.1) is 6.92 Å². The normalized spacial score (nSPS) is 10.3. The monoisotopic (exact) mass is 269 g/mol. The molecule has 2 rings (SSSR count). The minimum absolute atomic E-state index is 0.0289. The number of carbonyl (C=O) groups excluding carboxylic acids is 1. The van der Waals surface area contributed by atoms with Crippen LogP contribution in [-0.2, 0) is 0 Å². The third kappa shape index (κ3) is 3.18. The summed E-state index contributed by atoms with van der Waals surface area (Å²) in [5, 5.41) is 0. The van der Waals surface area contributed by atoms with Crippen LogP contribution >= 0.6 is 0 Å². The van der Waals surface area contributed by atoms with Crippen molar-refractivity contribution in [2.24, 2.45) is 0 Å². The fourth-order valence-electron chi connectivity index (χ4n) is 1.87. The maximum Gasteiger partial charge on any atom is 0.193 e. The van der Waals surface area contributed by atoms with Gasteiger partial charge in [0.05, 0.1) is 6.61 Å². The summed E-state index contributed by atoms with van der Waals surface area (Å²) < 4.78 is 5.50. The van der Waals surface area contributed by atoms with E-state index in [0.717, 1.165) is 17.7 Å². The lowest BCUT2D eigenvalue weighted by molar-refractivity contribution is 0.103. The van der Waals surface area contributed by atoms with Crippen LogP contribution in [0.25, 0.3) is 0 Å². The molecule has 2 N–H and O–H groups in total. The molecule has 0 fully saturated rings. The molecule has 2 aromatic carbocycles. The molecule has 0 aliphatic rings. The number of carbonyl (C=O) groups is 1. The van der Waals surface area contributed by atoms with Crippen LogP contribution in [0.1, 0.15) is 34.8 Å². The lowest BCUT2D eigenvalue weighted by Crippen LogP contribution is -2.03. The molecule has 0 aliphatic carbocycles. The van der Waals surface area contributed by atoms with Crippen LogP contribution in [0.3, 0.4) is 0 Å². The summed E-state index contributed by atoms with van der Waals surface area (Å²) in [5.41, 5.74) is 8.70. The first-order valence-electron chi connectivity index (χ1n) is 6.75. The van der Waals surface area contributed by atoms with E-state index in [1.807, 2.05) is 25.1 Å². The van der Waals surface area contributed by atoms with Crippen LogP contribution in [0.5, 0.6) is 5.75 Å². The number of nitrogen functional groups attached to an aromatic ring is 1. The summed E-state index contributed by atoms with van der Waals surface area (Å²) in [7, 11) is 0. The maximum atomic E-state index is 12.3. The van der Waals surface area contributed by atoms with E-state index in [1.54, 1.807) is 24.3 Å². The zero-order valence-electron chi connectivity index (χ0n) is 11.8. The van der Waals surface area contributed by atoms with Gasteiger partial charge < -0.3 is 10.5 Å². The van der Waals surface area contributed by atoms with Crippen molar-refractivity contribution < 1.29 is 9.53 Å². The van der Waals surface area contributed by atoms with E-state index in [-0.39, 0.29) is 5.78 Å². The highest BCUT2D eigenvalue weighted by molar-refractivity contribution is 6.09. The van der Waals surface area contributed by atoms with Crippen molar-refractivity contribution in [1.29, 1.82) is 0 Å². The van der Waals surface area contributed by atoms with Gasteiger partial charge in [-0.25, -0.2) is 0 Å². The summed E-state index contributed by atoms with van der Waals surface area (Å²) in [6.07, 6.45) is 0.962. The smallest absolute Gasteiger partial charge is 0.193 e. The molecular weight excluding hydrogens is 250 g/mol. The number of rotatable bonds is 5. The number of hydrogen-bond donors (Lipinski definition) is 1. The van der Waals surface area contributed by atoms with E-state index in [0.29, 0.717) is 23.4 Å². The lowest BCUT2D eigenvalue weighted by atomic mass is 10.0. The Hall–Kier alpha value is -2.29. The summed E-state index contributed by atoms with van der Waals surface area (Å²) >= 11 is 0. The Morgan fingerprint density at radius 3 is 2.35 bits per heavy atom. The summed E-state index contributed by atoms with van der Waals surface area (Å²) in [6.45, 7) is 4.66. The first kappa shape index (κ1) is 14.1. The average Bonchev–Trinajstić information content (AvgIpc) is 2.48. The Bertz CT molecular complexity index is 603. The van der Waals surface area contributed by atoms with E-state index >= 15 is 0 Å². The highest BCUT2D eigenvalue weighted by Crippen LogP contribution is 2.18. The van der Waals surface area contributed by atoms with Gasteiger partial charge in [0.1, 0.15) is 5.75 Å². The van der Waals surface area contributed by atoms with E-state index < -0.39 is 0 Å². The molecule has 0 aliphatic heterocycles. The van der Waals surface area contributed by atoms with Crippen molar-refractivity contribution in [1.82, 2.24) is 0 Å². The van der Waals surface area contributed by atoms with Crippen molar-refractivity contribution in [2.45, 2.75) is 20.3 Å². The number of hydrogen-bond acceptors (Lipinski definition) is 3. The Morgan fingerprint density at radius 1 is 1.10 bits per heavy atom. The summed E-state index contributed by atoms with van der Waals surface area (Å²) in [5.74, 6) is 0.755. The molecule has 3 nitrogen and oxygen atoms in total. The van der Waals surface area contributed by atoms with Gasteiger partial charge in [-0.15, -0.1) is 0 Å². The average molecular weight is 269 g/mol. The molecule has 0 radical (unpaired) electrons. The van der Waals surface area contributed by atoms with Gasteiger partial charge in [-0.05, 0) is 49.2 Å². The number of anilines is 1. The summed E-state index contributed by atoms with van der Waals surface area (Å²) in [6, 6.07) is 12.6. The fraction of sp³-hybridized carbons (Fsp3) is 0.235. The number of aryl methyl sites for hydroxylation is 1. The zero-order chi connectivity index (χ0) is 14.5. The third-order valence-corrected chi connectivity index (χ3v) is 3.13. The predicted octanol–water partition coefficient (Wildman–Crippen LogP) is 3.60. The molecule has 0 amide bonds. The van der Waals surface area contributed by atoms with Gasteiger partial charge in [-0.3, -0.25) is 4.79 Å². The molecular formula is C17H19NO2. The highest BCUT2D eigenvalue weighted by atomic mass is 16.5. The second-order valence-electron chi connectivity index (χ2n) is 4.77. The van der Waals surface area contributed by atoms with Crippen molar-refractivity contribution in [3.8, 4) is 5.75 Å². The van der Waals surface area contributed by atoms with Crippen molar-refractivity contribution in [3.63, 3.8) is 0 Å². The van der Waals surface area contributed by atoms with E-state index in [1.165, 1.54) is 0 Å². The van der Waals surface area contributed by atoms with Crippen molar-refractivity contribution in [3.05, 3.63) is 59.2 Å². The number of benzene rings is 2. The number of nitrogens with two attached hydrogens (primary N) is 1. The molecule has 0 atom stereocenters. The first-order valence-corrected chi connectivity index (χ1v) is 6.75. The molecule has 0 aromatic heterocycles. The molecule has 104 valence electrons. The van der Waals surface area contributed by atoms with E-state index in [2.05, 4.69) is 6.92 Å². The van der Waals surface area contributed by atoms with Gasteiger partial charge in [-0.2, -0.15) is 0 Å². The standard InChI is InChI=1S/C17H19NO2/c1-3-10-20-15-8-6-13(7-9-15)17(19)14-5-4-12(2)16(18)11-14/h4-9,11H,3,10,18H2,1-2H3. The van der Waals surface area contributed by atoms with Crippen LogP contribution in [-0.4, -0.2) is 12.4 Å². The minimum Gasteiger partial charge on any atom is -0.494 e. The SMILES string of the molecule is CCCOc1ccc(C(=O)c2ccc(C)c(N)c2)cc1. The molecule has 0 bridgehead atoms. The van der Waals surface area contributed by atoms with Gasteiger partial charge in [0, 0.05) is 16.8 Å². The third-order valence-electron chi connectivity index (χ3n) is 3.13. The Balaban J connectivity index is 2.18. The van der Waals surface area contributed by atoms with Gasteiger partial charge in [0.2, 0.25) is 0 Å². The molecule has 0 spiro atoms. The van der Waals surface area contributed by atoms with Gasteiger partial charge >= 0.3 is 0 Å². The van der Waals surface area contributed by atoms with Gasteiger partial charge in [-0.1, -0.05) is 19.1 Å².